The molecule has 4 nitrogen and oxygen atoms in total. The van der Waals surface area contributed by atoms with E-state index in [2.05, 4.69) is 17.1 Å². The van der Waals surface area contributed by atoms with Crippen LogP contribution in [-0.2, 0) is 6.54 Å². The van der Waals surface area contributed by atoms with E-state index in [9.17, 15) is 4.79 Å². The van der Waals surface area contributed by atoms with E-state index < -0.39 is 5.97 Å². The van der Waals surface area contributed by atoms with Gasteiger partial charge in [-0.3, -0.25) is 4.90 Å². The lowest BCUT2D eigenvalue weighted by atomic mass is 10.1. The Morgan fingerprint density at radius 3 is 2.80 bits per heavy atom. The summed E-state index contributed by atoms with van der Waals surface area (Å²) in [7, 11) is 0. The van der Waals surface area contributed by atoms with Crippen molar-refractivity contribution in [3.63, 3.8) is 0 Å². The summed E-state index contributed by atoms with van der Waals surface area (Å²) in [5.74, 6) is -0.863. The summed E-state index contributed by atoms with van der Waals surface area (Å²) in [5.41, 5.74) is 1.54. The second-order valence-electron chi connectivity index (χ2n) is 5.53. The summed E-state index contributed by atoms with van der Waals surface area (Å²) in [6, 6.07) is 7.82. The predicted octanol–water partition coefficient (Wildman–Crippen LogP) is 2.35. The van der Waals surface area contributed by atoms with Crippen molar-refractivity contribution in [2.75, 3.05) is 19.6 Å². The Morgan fingerprint density at radius 1 is 1.40 bits per heavy atom. The summed E-state index contributed by atoms with van der Waals surface area (Å²) in [5, 5.41) is 12.5. The molecular formula is C16H24N2O2. The van der Waals surface area contributed by atoms with Crippen LogP contribution in [0.3, 0.4) is 0 Å². The molecule has 1 unspecified atom stereocenters. The number of aromatic carboxylic acids is 1. The molecular weight excluding hydrogens is 252 g/mol. The molecule has 2 N–H and O–H groups in total. The molecule has 0 radical (unpaired) electrons. The van der Waals surface area contributed by atoms with Gasteiger partial charge in [0.2, 0.25) is 0 Å². The van der Waals surface area contributed by atoms with E-state index >= 15 is 0 Å². The highest BCUT2D eigenvalue weighted by atomic mass is 16.4. The Bertz CT molecular complexity index is 431. The number of nitrogens with zero attached hydrogens (tertiary/aromatic N) is 1. The summed E-state index contributed by atoms with van der Waals surface area (Å²) in [6.45, 7) is 6.32. The number of carboxylic acid groups (broad SMARTS) is 1. The average Bonchev–Trinajstić information content (AvgIpc) is 2.46. The highest BCUT2D eigenvalue weighted by Gasteiger charge is 2.18. The number of piperazine rings is 1. The van der Waals surface area contributed by atoms with Crippen LogP contribution in [0, 0.1) is 0 Å². The van der Waals surface area contributed by atoms with Crippen molar-refractivity contribution in [3.8, 4) is 0 Å². The molecule has 1 saturated heterocycles. The van der Waals surface area contributed by atoms with Crippen LogP contribution in [0.2, 0.25) is 0 Å². The van der Waals surface area contributed by atoms with Gasteiger partial charge in [0, 0.05) is 32.2 Å². The Labute approximate surface area is 120 Å². The topological polar surface area (TPSA) is 52.6 Å². The molecule has 0 spiro atoms. The minimum atomic E-state index is -0.863. The number of carboxylic acids is 1. The standard InChI is InChI=1S/C16H24N2O2/c1-2-3-4-15-12-18(10-9-17-15)11-13-5-7-14(8-6-13)16(19)20/h5-8,15,17H,2-4,9-12H2,1H3,(H,19,20). The van der Waals surface area contributed by atoms with Crippen molar-refractivity contribution in [2.24, 2.45) is 0 Å². The maximum Gasteiger partial charge on any atom is 0.335 e. The number of nitrogens with one attached hydrogen (secondary N) is 1. The number of carbonyl (C=O) groups is 1. The van der Waals surface area contributed by atoms with Crippen LogP contribution < -0.4 is 5.32 Å². The van der Waals surface area contributed by atoms with Crippen molar-refractivity contribution in [2.45, 2.75) is 38.8 Å². The number of unbranched alkanes of at least 4 members (excludes halogenated alkanes) is 1. The molecule has 20 heavy (non-hydrogen) atoms. The first kappa shape index (κ1) is 15.0. The lowest BCUT2D eigenvalue weighted by Gasteiger charge is -2.33. The molecule has 1 aromatic carbocycles. The second-order valence-corrected chi connectivity index (χ2v) is 5.53. The van der Waals surface area contributed by atoms with Gasteiger partial charge in [-0.2, -0.15) is 0 Å². The Hall–Kier alpha value is -1.39. The van der Waals surface area contributed by atoms with Gasteiger partial charge in [-0.05, 0) is 24.1 Å². The Morgan fingerprint density at radius 2 is 2.15 bits per heavy atom. The highest BCUT2D eigenvalue weighted by molar-refractivity contribution is 5.87. The minimum absolute atomic E-state index is 0.356. The first-order valence-corrected chi connectivity index (χ1v) is 7.47. The maximum absolute atomic E-state index is 10.8. The largest absolute Gasteiger partial charge is 0.478 e. The lowest BCUT2D eigenvalue weighted by Crippen LogP contribution is -2.50. The van der Waals surface area contributed by atoms with Crippen molar-refractivity contribution >= 4 is 5.97 Å². The van der Waals surface area contributed by atoms with Crippen LogP contribution in [0.25, 0.3) is 0 Å². The molecule has 1 aliphatic heterocycles. The molecule has 0 aromatic heterocycles. The molecule has 1 atom stereocenters. The first-order chi connectivity index (χ1) is 9.69. The third-order valence-corrected chi connectivity index (χ3v) is 3.85. The highest BCUT2D eigenvalue weighted by Crippen LogP contribution is 2.12. The van der Waals surface area contributed by atoms with Gasteiger partial charge in [0.15, 0.2) is 0 Å². The fraction of sp³-hybridized carbons (Fsp3) is 0.562. The van der Waals surface area contributed by atoms with Gasteiger partial charge in [0.05, 0.1) is 5.56 Å². The normalized spacial score (nSPS) is 19.9. The number of benzene rings is 1. The molecule has 110 valence electrons. The van der Waals surface area contributed by atoms with Crippen LogP contribution in [0.5, 0.6) is 0 Å². The van der Waals surface area contributed by atoms with Crippen LogP contribution >= 0.6 is 0 Å². The van der Waals surface area contributed by atoms with Crippen LogP contribution in [0.1, 0.15) is 42.1 Å². The molecule has 1 aliphatic rings. The van der Waals surface area contributed by atoms with E-state index in [1.54, 1.807) is 12.1 Å². The molecule has 0 saturated carbocycles. The SMILES string of the molecule is CCCCC1CN(Cc2ccc(C(=O)O)cc2)CCN1. The molecule has 1 fully saturated rings. The van der Waals surface area contributed by atoms with Gasteiger partial charge in [0.25, 0.3) is 0 Å². The van der Waals surface area contributed by atoms with E-state index in [0.717, 1.165) is 26.2 Å². The number of hydrogen-bond acceptors (Lipinski definition) is 3. The fourth-order valence-corrected chi connectivity index (χ4v) is 2.69. The maximum atomic E-state index is 10.8. The molecule has 2 rings (SSSR count). The quantitative estimate of drug-likeness (QED) is 0.837. The van der Waals surface area contributed by atoms with Gasteiger partial charge >= 0.3 is 5.97 Å². The zero-order valence-corrected chi connectivity index (χ0v) is 12.1. The molecule has 1 aromatic rings. The van der Waals surface area contributed by atoms with E-state index in [1.165, 1.54) is 24.8 Å². The molecule has 0 amide bonds. The summed E-state index contributed by atoms with van der Waals surface area (Å²) in [4.78, 5) is 13.3. The summed E-state index contributed by atoms with van der Waals surface area (Å²) < 4.78 is 0. The lowest BCUT2D eigenvalue weighted by molar-refractivity contribution is 0.0697. The second kappa shape index (κ2) is 7.41. The Balaban J connectivity index is 1.87. The first-order valence-electron chi connectivity index (χ1n) is 7.47. The Kier molecular flexibility index (Phi) is 5.56. The van der Waals surface area contributed by atoms with E-state index in [-0.39, 0.29) is 0 Å². The monoisotopic (exact) mass is 276 g/mol. The minimum Gasteiger partial charge on any atom is -0.478 e. The van der Waals surface area contributed by atoms with Crippen LogP contribution in [0.4, 0.5) is 0 Å². The van der Waals surface area contributed by atoms with Crippen LogP contribution in [-0.4, -0.2) is 41.7 Å². The van der Waals surface area contributed by atoms with E-state index in [4.69, 9.17) is 5.11 Å². The molecule has 0 aliphatic carbocycles. The summed E-state index contributed by atoms with van der Waals surface area (Å²) >= 11 is 0. The molecule has 4 heteroatoms. The average molecular weight is 276 g/mol. The van der Waals surface area contributed by atoms with Gasteiger partial charge < -0.3 is 10.4 Å². The third kappa shape index (κ3) is 4.32. The number of rotatable bonds is 6. The zero-order valence-electron chi connectivity index (χ0n) is 12.1. The smallest absolute Gasteiger partial charge is 0.335 e. The van der Waals surface area contributed by atoms with Crippen LogP contribution in [0.15, 0.2) is 24.3 Å². The van der Waals surface area contributed by atoms with Gasteiger partial charge in [0.1, 0.15) is 0 Å². The van der Waals surface area contributed by atoms with E-state index in [1.807, 2.05) is 12.1 Å². The molecule has 1 heterocycles. The van der Waals surface area contributed by atoms with Gasteiger partial charge in [-0.1, -0.05) is 31.9 Å². The third-order valence-electron chi connectivity index (χ3n) is 3.85. The number of hydrogen-bond donors (Lipinski definition) is 2. The zero-order chi connectivity index (χ0) is 14.4. The van der Waals surface area contributed by atoms with Crippen molar-refractivity contribution in [3.05, 3.63) is 35.4 Å². The summed E-state index contributed by atoms with van der Waals surface area (Å²) in [6.07, 6.45) is 3.76. The predicted molar refractivity (Wildman–Crippen MR) is 80.0 cm³/mol. The van der Waals surface area contributed by atoms with Crippen molar-refractivity contribution < 1.29 is 9.90 Å². The molecule has 0 bridgehead atoms. The van der Waals surface area contributed by atoms with E-state index in [0.29, 0.717) is 11.6 Å². The van der Waals surface area contributed by atoms with Gasteiger partial charge in [-0.25, -0.2) is 4.79 Å². The van der Waals surface area contributed by atoms with Crippen molar-refractivity contribution in [1.29, 1.82) is 0 Å². The van der Waals surface area contributed by atoms with Crippen molar-refractivity contribution in [1.82, 2.24) is 10.2 Å². The van der Waals surface area contributed by atoms with Gasteiger partial charge in [-0.15, -0.1) is 0 Å². The fourth-order valence-electron chi connectivity index (χ4n) is 2.69.